The van der Waals surface area contributed by atoms with Gasteiger partial charge in [0.25, 0.3) is 10.0 Å². The third-order valence-corrected chi connectivity index (χ3v) is 6.01. The Hall–Kier alpha value is -3.61. The molecule has 4 rings (SSSR count). The highest BCUT2D eigenvalue weighted by molar-refractivity contribution is 7.92. The fourth-order valence-corrected chi connectivity index (χ4v) is 4.23. The van der Waals surface area contributed by atoms with Gasteiger partial charge in [0.05, 0.1) is 24.2 Å². The number of benzene rings is 2. The molecule has 0 radical (unpaired) electrons. The van der Waals surface area contributed by atoms with E-state index in [1.54, 1.807) is 12.1 Å². The van der Waals surface area contributed by atoms with Crippen LogP contribution in [0.25, 0.3) is 0 Å². The Morgan fingerprint density at radius 1 is 1.19 bits per heavy atom. The fraction of sp³-hybridized carbons (Fsp3) is 0.100. The molecule has 1 aromatic heterocycles. The number of pyridine rings is 1. The summed E-state index contributed by atoms with van der Waals surface area (Å²) < 4.78 is 38.1. The van der Waals surface area contributed by atoms with Gasteiger partial charge in [-0.05, 0) is 34.8 Å². The van der Waals surface area contributed by atoms with Crippen LogP contribution in [0, 0.1) is 0 Å². The predicted octanol–water partition coefficient (Wildman–Crippen LogP) is 1.43. The maximum Gasteiger partial charge on any atom is 0.491 e. The Labute approximate surface area is 184 Å². The first-order chi connectivity index (χ1) is 15.3. The van der Waals surface area contributed by atoms with E-state index in [0.29, 0.717) is 11.0 Å². The quantitative estimate of drug-likeness (QED) is 0.408. The number of aromatic nitrogens is 1. The highest BCUT2D eigenvalue weighted by Crippen LogP contribution is 2.23. The highest BCUT2D eigenvalue weighted by Gasteiger charge is 2.28. The van der Waals surface area contributed by atoms with E-state index in [0.717, 1.165) is 5.56 Å². The van der Waals surface area contributed by atoms with Crippen LogP contribution in [0.4, 0.5) is 21.9 Å². The molecule has 2 aromatic carbocycles. The van der Waals surface area contributed by atoms with Crippen LogP contribution in [0.15, 0.2) is 65.8 Å². The van der Waals surface area contributed by atoms with Crippen LogP contribution in [0.5, 0.6) is 0 Å². The Morgan fingerprint density at radius 2 is 1.97 bits per heavy atom. The summed E-state index contributed by atoms with van der Waals surface area (Å²) >= 11 is 0. The fourth-order valence-electron chi connectivity index (χ4n) is 3.14. The number of anilines is 3. The molecule has 12 heteroatoms. The average Bonchev–Trinajstić information content (AvgIpc) is 3.12. The summed E-state index contributed by atoms with van der Waals surface area (Å²) in [5, 5.41) is 11.7. The predicted molar refractivity (Wildman–Crippen MR) is 119 cm³/mol. The maximum atomic E-state index is 12.7. The summed E-state index contributed by atoms with van der Waals surface area (Å²) in [6.45, 7) is 0.252. The van der Waals surface area contributed by atoms with Crippen LogP contribution in [-0.2, 0) is 32.6 Å². The van der Waals surface area contributed by atoms with Crippen LogP contribution in [0.2, 0.25) is 0 Å². The minimum atomic E-state index is -4.10. The zero-order valence-electron chi connectivity index (χ0n) is 16.7. The van der Waals surface area contributed by atoms with E-state index in [2.05, 4.69) is 15.0 Å². The molecule has 32 heavy (non-hydrogen) atoms. The van der Waals surface area contributed by atoms with Crippen molar-refractivity contribution >= 4 is 45.8 Å². The molecule has 5 N–H and O–H groups in total. The largest absolute Gasteiger partial charge is 0.491 e. The number of rotatable bonds is 6. The molecule has 164 valence electrons. The van der Waals surface area contributed by atoms with Crippen LogP contribution < -0.4 is 21.2 Å². The number of carbonyl (C=O) groups is 1. The smallest absolute Gasteiger partial charge is 0.444 e. The van der Waals surface area contributed by atoms with Crippen molar-refractivity contribution in [3.63, 3.8) is 0 Å². The lowest BCUT2D eigenvalue weighted by molar-refractivity contribution is 0.155. The van der Waals surface area contributed by atoms with E-state index in [9.17, 15) is 18.2 Å². The van der Waals surface area contributed by atoms with Gasteiger partial charge in [-0.15, -0.1) is 0 Å². The van der Waals surface area contributed by atoms with Gasteiger partial charge in [0.1, 0.15) is 6.61 Å². The van der Waals surface area contributed by atoms with Gasteiger partial charge in [-0.3, -0.25) is 10.0 Å². The lowest BCUT2D eigenvalue weighted by Crippen LogP contribution is -2.28. The van der Waals surface area contributed by atoms with Crippen LogP contribution in [0.3, 0.4) is 0 Å². The van der Waals surface area contributed by atoms with Crippen molar-refractivity contribution in [2.75, 3.05) is 15.8 Å². The summed E-state index contributed by atoms with van der Waals surface area (Å²) in [6, 6.07) is 15.1. The topological polar surface area (TPSA) is 153 Å². The monoisotopic (exact) mass is 454 g/mol. The van der Waals surface area contributed by atoms with Crippen molar-refractivity contribution in [2.24, 2.45) is 0 Å². The van der Waals surface area contributed by atoms with E-state index in [-0.39, 0.29) is 30.3 Å². The van der Waals surface area contributed by atoms with E-state index < -0.39 is 28.3 Å². The lowest BCUT2D eigenvalue weighted by Gasteiger charge is -2.12. The first-order valence-corrected chi connectivity index (χ1v) is 11.0. The molecular formula is C20H19BN4O6S. The van der Waals surface area contributed by atoms with Gasteiger partial charge >= 0.3 is 13.2 Å². The number of fused-ring (bicyclic) bond motifs is 1. The second kappa shape index (κ2) is 8.87. The molecule has 1 aliphatic heterocycles. The zero-order chi connectivity index (χ0) is 22.7. The molecule has 0 aliphatic carbocycles. The maximum absolute atomic E-state index is 12.7. The number of nitrogen functional groups attached to an aromatic ring is 1. The van der Waals surface area contributed by atoms with Crippen LogP contribution >= 0.6 is 0 Å². The van der Waals surface area contributed by atoms with Gasteiger partial charge < -0.3 is 20.1 Å². The third kappa shape index (κ3) is 4.83. The Balaban J connectivity index is 1.42. The number of nitrogens with two attached hydrogens (primary N) is 1. The molecule has 1 amide bonds. The first kappa shape index (κ1) is 21.6. The highest BCUT2D eigenvalue weighted by atomic mass is 32.2. The molecule has 0 atom stereocenters. The normalized spacial score (nSPS) is 12.8. The molecule has 10 nitrogen and oxygen atoms in total. The molecule has 1 aliphatic rings. The summed E-state index contributed by atoms with van der Waals surface area (Å²) in [5.74, 6) is 0. The second-order valence-electron chi connectivity index (χ2n) is 6.99. The molecule has 0 unspecified atom stereocenters. The Bertz CT molecular complexity index is 1260. The number of amides is 1. The van der Waals surface area contributed by atoms with E-state index >= 15 is 0 Å². The van der Waals surface area contributed by atoms with Crippen molar-refractivity contribution in [3.05, 3.63) is 71.9 Å². The van der Waals surface area contributed by atoms with Gasteiger partial charge in [-0.2, -0.15) is 8.42 Å². The molecule has 0 saturated heterocycles. The summed E-state index contributed by atoms with van der Waals surface area (Å²) in [4.78, 5) is 15.9. The second-order valence-corrected chi connectivity index (χ2v) is 8.59. The molecule has 2 heterocycles. The number of nitrogens with one attached hydrogen (secondary N) is 2. The van der Waals surface area contributed by atoms with Crippen LogP contribution in [-0.4, -0.2) is 31.6 Å². The minimum Gasteiger partial charge on any atom is -0.444 e. The Kier molecular flexibility index (Phi) is 5.99. The van der Waals surface area contributed by atoms with Crippen molar-refractivity contribution in [3.8, 4) is 0 Å². The Morgan fingerprint density at radius 3 is 2.72 bits per heavy atom. The number of nitrogens with zero attached hydrogens (tertiary/aromatic N) is 1. The van der Waals surface area contributed by atoms with Gasteiger partial charge in [-0.1, -0.05) is 36.4 Å². The molecule has 0 spiro atoms. The van der Waals surface area contributed by atoms with Gasteiger partial charge in [0.2, 0.25) is 0 Å². The zero-order valence-corrected chi connectivity index (χ0v) is 17.5. The third-order valence-electron chi connectivity index (χ3n) is 4.65. The minimum absolute atomic E-state index is 0.0782. The van der Waals surface area contributed by atoms with Crippen molar-refractivity contribution in [1.82, 2.24) is 4.98 Å². The van der Waals surface area contributed by atoms with Gasteiger partial charge in [0, 0.05) is 5.69 Å². The van der Waals surface area contributed by atoms with Crippen molar-refractivity contribution in [1.29, 1.82) is 0 Å². The summed E-state index contributed by atoms with van der Waals surface area (Å²) in [7, 11) is -5.12. The number of hydrogen-bond donors (Lipinski definition) is 4. The number of sulfonamides is 1. The standard InChI is InChI=1S/C20H19BN4O6S/c22-18-9-16(24-20(26)30-11-13-4-2-1-3-5-13)10-23-19(18)32(28,29)25-15-6-7-17-14(8-15)12-31-21(17)27/h1-10,25,27H,11-12,22H2,(H,24,26). The number of carbonyl (C=O) groups excluding carboxylic acids is 1. The van der Waals surface area contributed by atoms with Crippen molar-refractivity contribution < 1.29 is 27.6 Å². The lowest BCUT2D eigenvalue weighted by atomic mass is 9.79. The van der Waals surface area contributed by atoms with E-state index in [1.807, 2.05) is 30.3 Å². The average molecular weight is 454 g/mol. The van der Waals surface area contributed by atoms with Gasteiger partial charge in [0.15, 0.2) is 5.03 Å². The first-order valence-electron chi connectivity index (χ1n) is 9.50. The molecule has 0 saturated carbocycles. The van der Waals surface area contributed by atoms with E-state index in [4.69, 9.17) is 15.1 Å². The van der Waals surface area contributed by atoms with E-state index in [1.165, 1.54) is 18.3 Å². The summed E-state index contributed by atoms with van der Waals surface area (Å²) in [5.41, 5.74) is 8.26. The number of ether oxygens (including phenoxy) is 1. The van der Waals surface area contributed by atoms with Gasteiger partial charge in [-0.25, -0.2) is 9.78 Å². The number of hydrogen-bond acceptors (Lipinski definition) is 8. The SMILES string of the molecule is Nc1cc(NC(=O)OCc2ccccc2)cnc1S(=O)(=O)Nc1ccc2c(c1)COB2O. The molecular weight excluding hydrogens is 435 g/mol. The van der Waals surface area contributed by atoms with Crippen LogP contribution in [0.1, 0.15) is 11.1 Å². The molecule has 3 aromatic rings. The molecule has 0 fully saturated rings. The van der Waals surface area contributed by atoms with Crippen molar-refractivity contribution in [2.45, 2.75) is 18.2 Å². The summed E-state index contributed by atoms with van der Waals surface area (Å²) in [6.07, 6.45) is 0.438. The molecule has 0 bridgehead atoms.